The Labute approximate surface area is 282 Å². The molecule has 1 aromatic carbocycles. The van der Waals surface area contributed by atoms with E-state index in [1.165, 1.54) is 24.3 Å². The van der Waals surface area contributed by atoms with Crippen molar-refractivity contribution >= 4 is 23.6 Å². The predicted molar refractivity (Wildman–Crippen MR) is 156 cm³/mol. The van der Waals surface area contributed by atoms with Crippen molar-refractivity contribution in [1.29, 1.82) is 0 Å². The van der Waals surface area contributed by atoms with Gasteiger partial charge in [-0.3, -0.25) is 4.90 Å². The molecule has 0 spiro atoms. The van der Waals surface area contributed by atoms with E-state index in [0.717, 1.165) is 0 Å². The van der Waals surface area contributed by atoms with Crippen LogP contribution in [0.25, 0.3) is 0 Å². The number of carbonyl (C=O) groups is 3. The third kappa shape index (κ3) is 7.41. The van der Waals surface area contributed by atoms with E-state index in [9.17, 15) is 70.6 Å². The molecule has 1 aromatic rings. The highest BCUT2D eigenvalue weighted by atomic mass is 16.7. The van der Waals surface area contributed by atoms with Crippen molar-refractivity contribution in [3.63, 3.8) is 0 Å². The molecule has 50 heavy (non-hydrogen) atoms. The highest BCUT2D eigenvalue weighted by Crippen LogP contribution is 2.37. The molecule has 2 fully saturated rings. The number of rotatable bonds is 11. The van der Waals surface area contributed by atoms with Crippen LogP contribution in [0.15, 0.2) is 35.6 Å². The van der Waals surface area contributed by atoms with E-state index in [1.807, 2.05) is 0 Å². The molecule has 12 N–H and O–H groups in total. The fourth-order valence-corrected chi connectivity index (χ4v) is 6.38. The number of nitrogens with one attached hydrogen (secondary N) is 2. The Balaban J connectivity index is 1.33. The first kappa shape index (κ1) is 37.3. The summed E-state index contributed by atoms with van der Waals surface area (Å²) >= 11 is 0. The average molecular weight is 715 g/mol. The van der Waals surface area contributed by atoms with Gasteiger partial charge in [-0.25, -0.2) is 9.59 Å². The molecule has 1 unspecified atom stereocenters. The number of fused-ring (bicyclic) bond motifs is 1. The predicted octanol–water partition coefficient (Wildman–Crippen LogP) is -7.07. The zero-order valence-corrected chi connectivity index (χ0v) is 26.0. The lowest BCUT2D eigenvalue weighted by molar-refractivity contribution is -0.840. The summed E-state index contributed by atoms with van der Waals surface area (Å²) < 4.78 is 22.1. The third-order valence-corrected chi connectivity index (χ3v) is 9.08. The van der Waals surface area contributed by atoms with E-state index in [2.05, 4.69) is 5.32 Å². The number of hydrogen-bond donors (Lipinski definition) is 12. The van der Waals surface area contributed by atoms with Crippen LogP contribution in [-0.2, 0) is 35.0 Å². The number of aliphatic hydroxyl groups is 7. The first-order valence-electron chi connectivity index (χ1n) is 15.5. The van der Waals surface area contributed by atoms with Crippen LogP contribution in [-0.4, -0.2) is 162 Å². The van der Waals surface area contributed by atoms with Gasteiger partial charge in [-0.05, 0) is 23.8 Å². The molecular formula is C30H38N2O18. The van der Waals surface area contributed by atoms with E-state index < -0.39 is 110 Å². The number of phenolic OH excluding ortho intramolecular Hbond substituents is 1. The molecule has 4 heterocycles. The molecular weight excluding hydrogens is 676 g/mol. The maximum Gasteiger partial charge on any atom is 0.351 e. The van der Waals surface area contributed by atoms with Crippen LogP contribution >= 0.6 is 0 Å². The fourth-order valence-electron chi connectivity index (χ4n) is 6.38. The van der Waals surface area contributed by atoms with Gasteiger partial charge in [-0.1, -0.05) is 0 Å². The molecule has 20 nitrogen and oxygen atoms in total. The molecule has 5 rings (SSSR count). The van der Waals surface area contributed by atoms with Crippen LogP contribution in [0, 0.1) is 0 Å². The Kier molecular flexibility index (Phi) is 11.3. The topological polar surface area (TPSA) is 330 Å². The first-order valence-corrected chi connectivity index (χ1v) is 15.5. The monoisotopic (exact) mass is 714 g/mol. The standard InChI is InChI=1S/C30H38N2O18/c33-8-18-20(36)21(37)23(39)30(48-18)50-25-19(9-34)49-29(24(40)22(25)38)47-17-6-11-5-15(28(45)46)32(14(11)7-16(17)35)2-1-10-3-12(26(41)42)31-13(4-10)27(43)44/h1,3,6-7,13,15,18-25,29-31,33-40H,2,4-5,8-9H2,(H,41,42)(H,43,44)(H,45,46)/t13-,15+,18+,19+,20+,21-,22+,23+,24+,25+,29+,30-/m0/s1. The number of hydrogen-bond acceptors (Lipinski definition) is 17. The molecule has 0 bridgehead atoms. The van der Waals surface area contributed by atoms with E-state index in [0.29, 0.717) is 16.8 Å². The number of aliphatic carboxylic acids is 3. The SMILES string of the molecule is O=C(O)C1=CC(=CC[NH+]2c3cc(O)c(O[C@@H]4O[C@H](CO)[C@@H](O[C@@H]5O[C@H](CO)[C@@H](O)[C@H](O)[C@H]5O)[C@H](O)[C@H]4O)cc3C[C@@H]2C(=O)[O-])C[C@@H](C(=O)O)N1. The van der Waals surface area contributed by atoms with Gasteiger partial charge in [0, 0.05) is 24.5 Å². The Bertz CT molecular complexity index is 1510. The normalized spacial score (nSPS) is 37.8. The van der Waals surface area contributed by atoms with Crippen LogP contribution < -0.4 is 20.1 Å². The molecule has 4 aliphatic rings. The average Bonchev–Trinajstić information content (AvgIpc) is 3.44. The van der Waals surface area contributed by atoms with E-state index in [-0.39, 0.29) is 35.7 Å². The number of phenols is 1. The Morgan fingerprint density at radius 3 is 2.20 bits per heavy atom. The van der Waals surface area contributed by atoms with Crippen LogP contribution in [0.5, 0.6) is 11.5 Å². The zero-order valence-electron chi connectivity index (χ0n) is 26.0. The molecule has 20 heteroatoms. The number of benzene rings is 1. The smallest absolute Gasteiger partial charge is 0.351 e. The first-order chi connectivity index (χ1) is 23.6. The maximum absolute atomic E-state index is 12.1. The Morgan fingerprint density at radius 1 is 0.920 bits per heavy atom. The van der Waals surface area contributed by atoms with E-state index >= 15 is 0 Å². The van der Waals surface area contributed by atoms with Crippen molar-refractivity contribution in [3.8, 4) is 11.5 Å². The number of allylic oxidation sites excluding steroid dienone is 1. The lowest BCUT2D eigenvalue weighted by atomic mass is 9.97. The summed E-state index contributed by atoms with van der Waals surface area (Å²) in [6.07, 6.45) is -14.6. The molecule has 0 aliphatic carbocycles. The molecule has 0 aromatic heterocycles. The fraction of sp³-hybridized carbons (Fsp3) is 0.567. The number of ether oxygens (including phenoxy) is 4. The summed E-state index contributed by atoms with van der Waals surface area (Å²) in [6, 6.07) is 0.0626. The molecule has 13 atom stereocenters. The lowest BCUT2D eigenvalue weighted by Crippen LogP contribution is -3.11. The van der Waals surface area contributed by atoms with Gasteiger partial charge in [0.1, 0.15) is 84.8 Å². The molecule has 0 amide bonds. The van der Waals surface area contributed by atoms with Crippen LogP contribution in [0.3, 0.4) is 0 Å². The summed E-state index contributed by atoms with van der Waals surface area (Å²) in [5.41, 5.74) is 0.641. The van der Waals surface area contributed by atoms with Gasteiger partial charge in [0.25, 0.3) is 0 Å². The summed E-state index contributed by atoms with van der Waals surface area (Å²) in [7, 11) is 0. The summed E-state index contributed by atoms with van der Waals surface area (Å²) in [6.45, 7) is -1.67. The largest absolute Gasteiger partial charge is 0.544 e. The molecule has 4 aliphatic heterocycles. The van der Waals surface area contributed by atoms with E-state index in [4.69, 9.17) is 18.9 Å². The number of aromatic hydroxyl groups is 1. The summed E-state index contributed by atoms with van der Waals surface area (Å²) in [5.74, 6) is -4.96. The molecule has 276 valence electrons. The van der Waals surface area contributed by atoms with Crippen molar-refractivity contribution in [2.45, 2.75) is 86.3 Å². The second kappa shape index (κ2) is 15.1. The van der Waals surface area contributed by atoms with Crippen LogP contribution in [0.4, 0.5) is 5.69 Å². The summed E-state index contributed by atoms with van der Waals surface area (Å²) in [4.78, 5) is 35.4. The van der Waals surface area contributed by atoms with Gasteiger partial charge in [-0.2, -0.15) is 0 Å². The van der Waals surface area contributed by atoms with Crippen molar-refractivity contribution in [3.05, 3.63) is 41.1 Å². The van der Waals surface area contributed by atoms with Crippen molar-refractivity contribution < 1.29 is 94.4 Å². The quantitative estimate of drug-likeness (QED) is 0.101. The van der Waals surface area contributed by atoms with Crippen molar-refractivity contribution in [2.75, 3.05) is 19.8 Å². The van der Waals surface area contributed by atoms with Crippen molar-refractivity contribution in [2.24, 2.45) is 0 Å². The number of carboxylic acids is 3. The Hall–Kier alpha value is -3.93. The number of carboxylic acid groups (broad SMARTS) is 3. The van der Waals surface area contributed by atoms with Gasteiger partial charge < -0.3 is 85.2 Å². The number of aliphatic hydroxyl groups excluding tert-OH is 7. The third-order valence-electron chi connectivity index (χ3n) is 9.08. The van der Waals surface area contributed by atoms with Gasteiger partial charge in [-0.15, -0.1) is 0 Å². The minimum Gasteiger partial charge on any atom is -0.544 e. The van der Waals surface area contributed by atoms with Gasteiger partial charge >= 0.3 is 11.9 Å². The second-order valence-electron chi connectivity index (χ2n) is 12.3. The lowest BCUT2D eigenvalue weighted by Gasteiger charge is -2.45. The zero-order chi connectivity index (χ0) is 36.6. The molecule has 0 saturated carbocycles. The number of carbonyl (C=O) groups excluding carboxylic acids is 1. The highest BCUT2D eigenvalue weighted by molar-refractivity contribution is 5.89. The van der Waals surface area contributed by atoms with Gasteiger partial charge in [0.05, 0.1) is 13.2 Å². The van der Waals surface area contributed by atoms with Crippen LogP contribution in [0.2, 0.25) is 0 Å². The second-order valence-corrected chi connectivity index (χ2v) is 12.3. The van der Waals surface area contributed by atoms with Gasteiger partial charge in [0.2, 0.25) is 6.29 Å². The molecule has 0 radical (unpaired) electrons. The highest BCUT2D eigenvalue weighted by Gasteiger charge is 2.51. The number of quaternary nitrogens is 1. The van der Waals surface area contributed by atoms with Crippen molar-refractivity contribution in [1.82, 2.24) is 5.32 Å². The Morgan fingerprint density at radius 2 is 1.58 bits per heavy atom. The maximum atomic E-state index is 12.1. The minimum atomic E-state index is -1.92. The van der Waals surface area contributed by atoms with Crippen LogP contribution in [0.1, 0.15) is 12.0 Å². The van der Waals surface area contributed by atoms with E-state index in [1.54, 1.807) is 0 Å². The van der Waals surface area contributed by atoms with Gasteiger partial charge in [0.15, 0.2) is 17.8 Å². The molecule has 2 saturated heterocycles. The summed E-state index contributed by atoms with van der Waals surface area (Å²) in [5, 5.41) is 116. The minimum absolute atomic E-state index is 0.0684.